The number of carbonyl (C=O) groups is 1. The van der Waals surface area contributed by atoms with Gasteiger partial charge in [0, 0.05) is 0 Å². The molecule has 8 heteroatoms. The minimum atomic E-state index is -0.486. The first-order chi connectivity index (χ1) is 9.49. The van der Waals surface area contributed by atoms with Crippen LogP contribution in [0.3, 0.4) is 0 Å². The molecule has 0 fully saturated rings. The molecule has 20 heavy (non-hydrogen) atoms. The molecule has 0 spiro atoms. The summed E-state index contributed by atoms with van der Waals surface area (Å²) in [7, 11) is 0. The number of amides is 1. The summed E-state index contributed by atoms with van der Waals surface area (Å²) in [6, 6.07) is 5.99. The summed E-state index contributed by atoms with van der Waals surface area (Å²) >= 11 is 1.15. The molecular weight excluding hydrogens is 281 g/mol. The van der Waals surface area contributed by atoms with E-state index in [1.165, 1.54) is 16.8 Å². The number of nitrogens with zero attached hydrogens (tertiary/aromatic N) is 3. The fourth-order valence-electron chi connectivity index (χ4n) is 1.44. The Morgan fingerprint density at radius 3 is 2.75 bits per heavy atom. The molecular formula is C12H14FN5OS. The van der Waals surface area contributed by atoms with Crippen molar-refractivity contribution in [2.75, 3.05) is 11.2 Å². The highest BCUT2D eigenvalue weighted by molar-refractivity contribution is 8.00. The van der Waals surface area contributed by atoms with Gasteiger partial charge in [-0.05, 0) is 26.0 Å². The molecule has 2 aromatic rings. The lowest BCUT2D eigenvalue weighted by molar-refractivity contribution is -0.115. The van der Waals surface area contributed by atoms with E-state index in [9.17, 15) is 9.18 Å². The van der Waals surface area contributed by atoms with Crippen LogP contribution in [-0.4, -0.2) is 26.0 Å². The Bertz CT molecular complexity index is 630. The van der Waals surface area contributed by atoms with Crippen LogP contribution in [0.1, 0.15) is 12.7 Å². The first-order valence-electron chi connectivity index (χ1n) is 5.88. The molecule has 0 aliphatic heterocycles. The van der Waals surface area contributed by atoms with Crippen LogP contribution in [0.5, 0.6) is 0 Å². The smallest absolute Gasteiger partial charge is 0.237 e. The fraction of sp³-hybridized carbons (Fsp3) is 0.250. The minimum Gasteiger partial charge on any atom is -0.336 e. The van der Waals surface area contributed by atoms with E-state index in [0.29, 0.717) is 11.0 Å². The Morgan fingerprint density at radius 1 is 1.45 bits per heavy atom. The van der Waals surface area contributed by atoms with Crippen LogP contribution in [0.4, 0.5) is 10.1 Å². The first kappa shape index (κ1) is 14.3. The van der Waals surface area contributed by atoms with E-state index in [2.05, 4.69) is 15.5 Å². The van der Waals surface area contributed by atoms with Gasteiger partial charge < -0.3 is 11.2 Å². The number of hydrogen-bond acceptors (Lipinski definition) is 5. The minimum absolute atomic E-state index is 0.148. The van der Waals surface area contributed by atoms with Gasteiger partial charge in [-0.15, -0.1) is 10.2 Å². The van der Waals surface area contributed by atoms with E-state index in [-0.39, 0.29) is 11.6 Å². The Hall–Kier alpha value is -2.09. The van der Waals surface area contributed by atoms with Gasteiger partial charge in [0.05, 0.1) is 10.9 Å². The van der Waals surface area contributed by atoms with Crippen molar-refractivity contribution in [3.8, 4) is 0 Å². The number of halogens is 1. The van der Waals surface area contributed by atoms with Gasteiger partial charge in [-0.2, -0.15) is 0 Å². The van der Waals surface area contributed by atoms with Gasteiger partial charge in [0.15, 0.2) is 0 Å². The second-order valence-electron chi connectivity index (χ2n) is 4.13. The average molecular weight is 295 g/mol. The van der Waals surface area contributed by atoms with Gasteiger partial charge in [0.25, 0.3) is 0 Å². The lowest BCUT2D eigenvalue weighted by Gasteiger charge is -2.11. The highest BCUT2D eigenvalue weighted by Gasteiger charge is 2.19. The molecule has 1 amide bonds. The molecule has 0 bridgehead atoms. The Morgan fingerprint density at radius 2 is 2.15 bits per heavy atom. The average Bonchev–Trinajstić information content (AvgIpc) is 2.73. The molecule has 2 rings (SSSR count). The number of nitrogens with one attached hydrogen (secondary N) is 1. The van der Waals surface area contributed by atoms with Crippen LogP contribution in [0.25, 0.3) is 0 Å². The molecule has 0 saturated carbocycles. The lowest BCUT2D eigenvalue weighted by atomic mass is 10.3. The summed E-state index contributed by atoms with van der Waals surface area (Å²) in [5, 5.41) is 10.1. The van der Waals surface area contributed by atoms with Crippen molar-refractivity contribution in [1.82, 2.24) is 14.9 Å². The second kappa shape index (κ2) is 5.91. The van der Waals surface area contributed by atoms with Crippen molar-refractivity contribution in [2.24, 2.45) is 0 Å². The molecule has 106 valence electrons. The lowest BCUT2D eigenvalue weighted by Crippen LogP contribution is -2.24. The standard InChI is InChI=1S/C12H14FN5OS/c1-7(20-12-17-16-8(2)18(12)14)11(19)15-10-6-4-3-5-9(10)13/h3-7H,14H2,1-2H3,(H,15,19)/t7-/m0/s1. The highest BCUT2D eigenvalue weighted by atomic mass is 32.2. The van der Waals surface area contributed by atoms with Crippen molar-refractivity contribution in [3.63, 3.8) is 0 Å². The molecule has 3 N–H and O–H groups in total. The van der Waals surface area contributed by atoms with Crippen molar-refractivity contribution >= 4 is 23.4 Å². The van der Waals surface area contributed by atoms with E-state index < -0.39 is 11.1 Å². The van der Waals surface area contributed by atoms with Crippen molar-refractivity contribution in [3.05, 3.63) is 35.9 Å². The number of aromatic nitrogens is 3. The number of nitrogen functional groups attached to an aromatic ring is 1. The first-order valence-corrected chi connectivity index (χ1v) is 6.76. The monoisotopic (exact) mass is 295 g/mol. The zero-order chi connectivity index (χ0) is 14.7. The highest BCUT2D eigenvalue weighted by Crippen LogP contribution is 2.22. The molecule has 6 nitrogen and oxygen atoms in total. The predicted molar refractivity (Wildman–Crippen MR) is 75.3 cm³/mol. The molecule has 1 aromatic carbocycles. The number of para-hydroxylation sites is 1. The van der Waals surface area contributed by atoms with E-state index in [1.54, 1.807) is 26.0 Å². The van der Waals surface area contributed by atoms with E-state index in [4.69, 9.17) is 5.84 Å². The van der Waals surface area contributed by atoms with Gasteiger partial charge >= 0.3 is 0 Å². The number of hydrogen-bond donors (Lipinski definition) is 2. The summed E-state index contributed by atoms with van der Waals surface area (Å²) in [6.07, 6.45) is 0. The third-order valence-corrected chi connectivity index (χ3v) is 3.67. The molecule has 0 aliphatic carbocycles. The van der Waals surface area contributed by atoms with Crippen LogP contribution < -0.4 is 11.2 Å². The topological polar surface area (TPSA) is 85.8 Å². The number of benzene rings is 1. The van der Waals surface area contributed by atoms with Crippen molar-refractivity contribution in [1.29, 1.82) is 0 Å². The predicted octanol–water partition coefficient (Wildman–Crippen LogP) is 1.56. The molecule has 1 heterocycles. The number of nitrogens with two attached hydrogens (primary N) is 1. The van der Waals surface area contributed by atoms with Gasteiger partial charge in [0.2, 0.25) is 11.1 Å². The van der Waals surface area contributed by atoms with Crippen LogP contribution in [0, 0.1) is 12.7 Å². The number of aryl methyl sites for hydroxylation is 1. The second-order valence-corrected chi connectivity index (χ2v) is 5.44. The van der Waals surface area contributed by atoms with Crippen LogP contribution in [-0.2, 0) is 4.79 Å². The van der Waals surface area contributed by atoms with Crippen molar-refractivity contribution < 1.29 is 9.18 Å². The molecule has 0 radical (unpaired) electrons. The zero-order valence-electron chi connectivity index (χ0n) is 11.0. The molecule has 1 aromatic heterocycles. The Kier molecular flexibility index (Phi) is 4.23. The summed E-state index contributed by atoms with van der Waals surface area (Å²) in [5.74, 6) is 5.45. The Labute approximate surface area is 119 Å². The van der Waals surface area contributed by atoms with Crippen molar-refractivity contribution in [2.45, 2.75) is 24.3 Å². The number of carbonyl (C=O) groups excluding carboxylic acids is 1. The van der Waals surface area contributed by atoms with Crippen LogP contribution in [0.2, 0.25) is 0 Å². The zero-order valence-corrected chi connectivity index (χ0v) is 11.8. The SMILES string of the molecule is Cc1nnc(S[C@@H](C)C(=O)Nc2ccccc2F)n1N. The van der Waals surface area contributed by atoms with Gasteiger partial charge in [-0.1, -0.05) is 23.9 Å². The number of thioether (sulfide) groups is 1. The number of rotatable bonds is 4. The molecule has 0 saturated heterocycles. The normalized spacial score (nSPS) is 12.2. The van der Waals surface area contributed by atoms with Crippen LogP contribution in [0.15, 0.2) is 29.4 Å². The van der Waals surface area contributed by atoms with Gasteiger partial charge in [0.1, 0.15) is 11.6 Å². The van der Waals surface area contributed by atoms with E-state index >= 15 is 0 Å². The quantitative estimate of drug-likeness (QED) is 0.660. The third kappa shape index (κ3) is 3.08. The maximum atomic E-state index is 13.4. The largest absolute Gasteiger partial charge is 0.336 e. The summed E-state index contributed by atoms with van der Waals surface area (Å²) < 4.78 is 14.7. The molecule has 0 aliphatic rings. The van der Waals surface area contributed by atoms with Crippen LogP contribution >= 0.6 is 11.8 Å². The third-order valence-electron chi connectivity index (χ3n) is 2.62. The molecule has 1 atom stereocenters. The molecule has 0 unspecified atom stereocenters. The van der Waals surface area contributed by atoms with Gasteiger partial charge in [-0.25, -0.2) is 9.07 Å². The maximum Gasteiger partial charge on any atom is 0.237 e. The van der Waals surface area contributed by atoms with Gasteiger partial charge in [-0.3, -0.25) is 4.79 Å². The summed E-state index contributed by atoms with van der Waals surface area (Å²) in [6.45, 7) is 3.39. The fourth-order valence-corrected chi connectivity index (χ4v) is 2.25. The summed E-state index contributed by atoms with van der Waals surface area (Å²) in [5.41, 5.74) is 0.148. The van der Waals surface area contributed by atoms with E-state index in [1.807, 2.05) is 0 Å². The maximum absolute atomic E-state index is 13.4. The number of anilines is 1. The Balaban J connectivity index is 2.03. The summed E-state index contributed by atoms with van der Waals surface area (Å²) in [4.78, 5) is 12.0. The van der Waals surface area contributed by atoms with E-state index in [0.717, 1.165) is 11.8 Å².